The van der Waals surface area contributed by atoms with Crippen LogP contribution in [0.4, 0.5) is 0 Å². The summed E-state index contributed by atoms with van der Waals surface area (Å²) in [5.74, 6) is -0.128. The predicted molar refractivity (Wildman–Crippen MR) is 52.2 cm³/mol. The number of amides is 1. The van der Waals surface area contributed by atoms with Crippen molar-refractivity contribution >= 4 is 5.91 Å². The third-order valence-corrected chi connectivity index (χ3v) is 1.71. The molecule has 4 nitrogen and oxygen atoms in total. The SMILES string of the molecule is CC(C)(N)C(=O)NCCCCCO. The summed E-state index contributed by atoms with van der Waals surface area (Å²) in [6.45, 7) is 4.21. The van der Waals surface area contributed by atoms with Crippen molar-refractivity contribution in [3.8, 4) is 0 Å². The minimum atomic E-state index is -0.795. The monoisotopic (exact) mass is 188 g/mol. The predicted octanol–water partition coefficient (Wildman–Crippen LogP) is 0.00250. The number of aliphatic hydroxyl groups is 1. The lowest BCUT2D eigenvalue weighted by atomic mass is 10.1. The van der Waals surface area contributed by atoms with E-state index >= 15 is 0 Å². The lowest BCUT2D eigenvalue weighted by molar-refractivity contribution is -0.125. The third-order valence-electron chi connectivity index (χ3n) is 1.71. The number of nitrogens with two attached hydrogens (primary N) is 1. The van der Waals surface area contributed by atoms with Gasteiger partial charge < -0.3 is 16.2 Å². The van der Waals surface area contributed by atoms with Crippen molar-refractivity contribution in [2.75, 3.05) is 13.2 Å². The Bertz CT molecular complexity index is 152. The Hall–Kier alpha value is -0.610. The van der Waals surface area contributed by atoms with Crippen molar-refractivity contribution in [1.29, 1.82) is 0 Å². The zero-order valence-electron chi connectivity index (χ0n) is 8.47. The molecular weight excluding hydrogens is 168 g/mol. The summed E-state index contributed by atoms with van der Waals surface area (Å²) in [5, 5.41) is 11.2. The zero-order chi connectivity index (χ0) is 10.3. The lowest BCUT2D eigenvalue weighted by Gasteiger charge is -2.17. The van der Waals surface area contributed by atoms with Crippen LogP contribution in [0.2, 0.25) is 0 Å². The average Bonchev–Trinajstić information content (AvgIpc) is 2.02. The first kappa shape index (κ1) is 12.4. The molecule has 0 atom stereocenters. The number of carbonyl (C=O) groups is 1. The van der Waals surface area contributed by atoms with E-state index in [0.717, 1.165) is 19.3 Å². The van der Waals surface area contributed by atoms with Crippen LogP contribution >= 0.6 is 0 Å². The molecule has 1 amide bonds. The largest absolute Gasteiger partial charge is 0.396 e. The molecule has 0 aromatic carbocycles. The molecule has 0 saturated heterocycles. The normalized spacial score (nSPS) is 11.4. The van der Waals surface area contributed by atoms with Gasteiger partial charge in [0.25, 0.3) is 0 Å². The maximum absolute atomic E-state index is 11.2. The number of hydrogen-bond acceptors (Lipinski definition) is 3. The fraction of sp³-hybridized carbons (Fsp3) is 0.889. The van der Waals surface area contributed by atoms with Crippen molar-refractivity contribution < 1.29 is 9.90 Å². The molecule has 0 saturated carbocycles. The molecule has 4 heteroatoms. The van der Waals surface area contributed by atoms with E-state index in [9.17, 15) is 4.79 Å². The first-order chi connectivity index (χ1) is 5.98. The van der Waals surface area contributed by atoms with Gasteiger partial charge in [-0.15, -0.1) is 0 Å². The van der Waals surface area contributed by atoms with Gasteiger partial charge in [-0.1, -0.05) is 0 Å². The molecule has 0 aromatic heterocycles. The van der Waals surface area contributed by atoms with E-state index in [1.807, 2.05) is 0 Å². The fourth-order valence-corrected chi connectivity index (χ4v) is 0.843. The van der Waals surface area contributed by atoms with Crippen LogP contribution in [0.15, 0.2) is 0 Å². The molecule has 0 heterocycles. The molecular formula is C9H20N2O2. The Kier molecular flexibility index (Phi) is 5.66. The van der Waals surface area contributed by atoms with Gasteiger partial charge in [-0.3, -0.25) is 4.79 Å². The van der Waals surface area contributed by atoms with Crippen LogP contribution in [-0.2, 0) is 4.79 Å². The van der Waals surface area contributed by atoms with Crippen LogP contribution in [0.1, 0.15) is 33.1 Å². The second kappa shape index (κ2) is 5.94. The van der Waals surface area contributed by atoms with Crippen molar-refractivity contribution in [2.45, 2.75) is 38.6 Å². The molecule has 0 aliphatic rings. The summed E-state index contributed by atoms with van der Waals surface area (Å²) in [4.78, 5) is 11.2. The highest BCUT2D eigenvalue weighted by Gasteiger charge is 2.20. The van der Waals surface area contributed by atoms with E-state index in [4.69, 9.17) is 10.8 Å². The summed E-state index contributed by atoms with van der Waals surface area (Å²) in [6.07, 6.45) is 2.62. The van der Waals surface area contributed by atoms with E-state index in [-0.39, 0.29) is 12.5 Å². The zero-order valence-corrected chi connectivity index (χ0v) is 8.47. The standard InChI is InChI=1S/C9H20N2O2/c1-9(2,10)8(13)11-6-4-3-5-7-12/h12H,3-7,10H2,1-2H3,(H,11,13). The Morgan fingerprint density at radius 1 is 1.38 bits per heavy atom. The first-order valence-electron chi connectivity index (χ1n) is 4.66. The maximum Gasteiger partial charge on any atom is 0.239 e. The summed E-state index contributed by atoms with van der Waals surface area (Å²) in [7, 11) is 0. The highest BCUT2D eigenvalue weighted by Crippen LogP contribution is 1.97. The third kappa shape index (κ3) is 6.54. The van der Waals surface area contributed by atoms with Crippen LogP contribution in [-0.4, -0.2) is 29.7 Å². The Balaban J connectivity index is 3.38. The fourth-order valence-electron chi connectivity index (χ4n) is 0.843. The van der Waals surface area contributed by atoms with Gasteiger partial charge in [0, 0.05) is 13.2 Å². The smallest absolute Gasteiger partial charge is 0.239 e. The van der Waals surface area contributed by atoms with Gasteiger partial charge in [0.2, 0.25) is 5.91 Å². The van der Waals surface area contributed by atoms with Crippen molar-refractivity contribution in [3.63, 3.8) is 0 Å². The van der Waals surface area contributed by atoms with Crippen LogP contribution < -0.4 is 11.1 Å². The number of nitrogens with one attached hydrogen (secondary N) is 1. The quantitative estimate of drug-likeness (QED) is 0.514. The topological polar surface area (TPSA) is 75.4 Å². The highest BCUT2D eigenvalue weighted by atomic mass is 16.2. The Morgan fingerprint density at radius 2 is 2.00 bits per heavy atom. The minimum absolute atomic E-state index is 0.128. The van der Waals surface area contributed by atoms with Crippen molar-refractivity contribution in [1.82, 2.24) is 5.32 Å². The molecule has 0 rings (SSSR count). The summed E-state index contributed by atoms with van der Waals surface area (Å²) < 4.78 is 0. The van der Waals surface area contributed by atoms with Gasteiger partial charge >= 0.3 is 0 Å². The van der Waals surface area contributed by atoms with Crippen molar-refractivity contribution in [3.05, 3.63) is 0 Å². The Morgan fingerprint density at radius 3 is 2.46 bits per heavy atom. The Labute approximate surface area is 79.5 Å². The maximum atomic E-state index is 11.2. The molecule has 0 aliphatic carbocycles. The van der Waals surface area contributed by atoms with Gasteiger partial charge in [0.15, 0.2) is 0 Å². The molecule has 0 bridgehead atoms. The van der Waals surface area contributed by atoms with E-state index in [2.05, 4.69) is 5.32 Å². The summed E-state index contributed by atoms with van der Waals surface area (Å²) >= 11 is 0. The van der Waals surface area contributed by atoms with Gasteiger partial charge in [-0.2, -0.15) is 0 Å². The molecule has 0 radical (unpaired) electrons. The second-order valence-corrected chi connectivity index (χ2v) is 3.76. The van der Waals surface area contributed by atoms with Crippen molar-refractivity contribution in [2.24, 2.45) is 5.73 Å². The number of rotatable bonds is 6. The molecule has 0 fully saturated rings. The van der Waals surface area contributed by atoms with E-state index in [1.54, 1.807) is 13.8 Å². The number of aliphatic hydroxyl groups excluding tert-OH is 1. The molecule has 0 unspecified atom stereocenters. The van der Waals surface area contributed by atoms with Gasteiger partial charge in [-0.25, -0.2) is 0 Å². The number of unbranched alkanes of at least 4 members (excludes halogenated alkanes) is 2. The molecule has 0 aliphatic heterocycles. The van der Waals surface area contributed by atoms with Gasteiger partial charge in [0.1, 0.15) is 0 Å². The minimum Gasteiger partial charge on any atom is -0.396 e. The van der Waals surface area contributed by atoms with E-state index in [1.165, 1.54) is 0 Å². The lowest BCUT2D eigenvalue weighted by Crippen LogP contribution is -2.49. The van der Waals surface area contributed by atoms with E-state index < -0.39 is 5.54 Å². The van der Waals surface area contributed by atoms with E-state index in [0.29, 0.717) is 6.54 Å². The summed E-state index contributed by atoms with van der Waals surface area (Å²) in [5.41, 5.74) is 4.77. The summed E-state index contributed by atoms with van der Waals surface area (Å²) in [6, 6.07) is 0. The van der Waals surface area contributed by atoms with Crippen LogP contribution in [0.25, 0.3) is 0 Å². The average molecular weight is 188 g/mol. The van der Waals surface area contributed by atoms with Crippen LogP contribution in [0, 0.1) is 0 Å². The van der Waals surface area contributed by atoms with Crippen LogP contribution in [0.3, 0.4) is 0 Å². The second-order valence-electron chi connectivity index (χ2n) is 3.76. The molecule has 4 N–H and O–H groups in total. The number of carbonyl (C=O) groups excluding carboxylic acids is 1. The number of hydrogen-bond donors (Lipinski definition) is 3. The van der Waals surface area contributed by atoms with Crippen LogP contribution in [0.5, 0.6) is 0 Å². The van der Waals surface area contributed by atoms with Gasteiger partial charge in [0.05, 0.1) is 5.54 Å². The highest BCUT2D eigenvalue weighted by molar-refractivity contribution is 5.84. The van der Waals surface area contributed by atoms with Gasteiger partial charge in [-0.05, 0) is 33.1 Å². The first-order valence-corrected chi connectivity index (χ1v) is 4.66. The molecule has 0 spiro atoms. The molecule has 0 aromatic rings. The molecule has 13 heavy (non-hydrogen) atoms. The molecule has 78 valence electrons.